The predicted molar refractivity (Wildman–Crippen MR) is 82.3 cm³/mol. The summed E-state index contributed by atoms with van der Waals surface area (Å²) in [4.78, 5) is 10.5. The zero-order chi connectivity index (χ0) is 14.4. The first-order valence-electron chi connectivity index (χ1n) is 5.98. The van der Waals surface area contributed by atoms with E-state index in [9.17, 15) is 4.79 Å². The third kappa shape index (κ3) is 3.86. The van der Waals surface area contributed by atoms with Gasteiger partial charge in [-0.15, -0.1) is 0 Å². The van der Waals surface area contributed by atoms with Crippen molar-refractivity contribution in [3.8, 4) is 5.75 Å². The van der Waals surface area contributed by atoms with E-state index in [1.165, 1.54) is 6.08 Å². The topological polar surface area (TPSA) is 26.3 Å². The number of halogens is 2. The highest BCUT2D eigenvalue weighted by atomic mass is 35.5. The van der Waals surface area contributed by atoms with Crippen LogP contribution in [0.4, 0.5) is 0 Å². The van der Waals surface area contributed by atoms with Crippen molar-refractivity contribution in [3.63, 3.8) is 0 Å². The molecule has 2 rings (SSSR count). The maximum Gasteiger partial charge on any atom is 0.142 e. The summed E-state index contributed by atoms with van der Waals surface area (Å²) in [7, 11) is 0. The number of carbonyl (C=O) groups is 1. The molecule has 20 heavy (non-hydrogen) atoms. The van der Waals surface area contributed by atoms with E-state index in [1.54, 1.807) is 18.2 Å². The van der Waals surface area contributed by atoms with Crippen LogP contribution in [0.3, 0.4) is 0 Å². The largest absolute Gasteiger partial charge is 0.488 e. The summed E-state index contributed by atoms with van der Waals surface area (Å²) < 4.78 is 5.75. The average molecular weight is 307 g/mol. The van der Waals surface area contributed by atoms with Crippen molar-refractivity contribution in [2.75, 3.05) is 0 Å². The molecule has 0 saturated carbocycles. The van der Waals surface area contributed by atoms with Crippen molar-refractivity contribution in [3.05, 3.63) is 69.7 Å². The van der Waals surface area contributed by atoms with Gasteiger partial charge in [0, 0.05) is 10.6 Å². The Morgan fingerprint density at radius 1 is 1.10 bits per heavy atom. The van der Waals surface area contributed by atoms with Gasteiger partial charge in [-0.2, -0.15) is 0 Å². The molecule has 0 N–H and O–H groups in total. The second kappa shape index (κ2) is 7.13. The average Bonchev–Trinajstić information content (AvgIpc) is 2.45. The lowest BCUT2D eigenvalue weighted by molar-refractivity contribution is -0.104. The van der Waals surface area contributed by atoms with Crippen LogP contribution >= 0.6 is 23.2 Å². The molecule has 0 bridgehead atoms. The van der Waals surface area contributed by atoms with E-state index in [4.69, 9.17) is 27.9 Å². The fourth-order valence-electron chi connectivity index (χ4n) is 1.71. The van der Waals surface area contributed by atoms with E-state index >= 15 is 0 Å². The molecule has 0 radical (unpaired) electrons. The maximum absolute atomic E-state index is 10.5. The van der Waals surface area contributed by atoms with Gasteiger partial charge in [0.15, 0.2) is 0 Å². The third-order valence-electron chi connectivity index (χ3n) is 2.63. The molecule has 4 heteroatoms. The highest BCUT2D eigenvalue weighted by molar-refractivity contribution is 6.36. The lowest BCUT2D eigenvalue weighted by Gasteiger charge is -2.11. The lowest BCUT2D eigenvalue weighted by Crippen LogP contribution is -1.97. The van der Waals surface area contributed by atoms with Crippen LogP contribution in [0.2, 0.25) is 10.0 Å². The molecule has 0 heterocycles. The Bertz CT molecular complexity index is 622. The fourth-order valence-corrected chi connectivity index (χ4v) is 2.25. The molecule has 0 atom stereocenters. The van der Waals surface area contributed by atoms with Crippen LogP contribution < -0.4 is 4.74 Å². The van der Waals surface area contributed by atoms with E-state index in [-0.39, 0.29) is 0 Å². The molecule has 0 aliphatic heterocycles. The minimum absolute atomic E-state index is 0.402. The fraction of sp³-hybridized carbons (Fsp3) is 0.0625. The predicted octanol–water partition coefficient (Wildman–Crippen LogP) is 4.78. The molecule has 0 spiro atoms. The Labute approximate surface area is 127 Å². The number of carbonyl (C=O) groups excluding carboxylic acids is 1. The number of benzene rings is 2. The molecule has 0 unspecified atom stereocenters. The van der Waals surface area contributed by atoms with Crippen LogP contribution in [0.25, 0.3) is 6.08 Å². The van der Waals surface area contributed by atoms with Gasteiger partial charge < -0.3 is 4.74 Å². The summed E-state index contributed by atoms with van der Waals surface area (Å²) in [6.45, 7) is 0.402. The van der Waals surface area contributed by atoms with Gasteiger partial charge in [0.1, 0.15) is 18.6 Å². The third-order valence-corrected chi connectivity index (χ3v) is 3.17. The van der Waals surface area contributed by atoms with Crippen molar-refractivity contribution in [2.24, 2.45) is 0 Å². The Morgan fingerprint density at radius 2 is 1.85 bits per heavy atom. The zero-order valence-corrected chi connectivity index (χ0v) is 12.1. The van der Waals surface area contributed by atoms with Crippen LogP contribution in [-0.4, -0.2) is 6.29 Å². The van der Waals surface area contributed by atoms with Crippen LogP contribution in [0.1, 0.15) is 11.1 Å². The Hall–Kier alpha value is -1.77. The van der Waals surface area contributed by atoms with Gasteiger partial charge in [0.25, 0.3) is 0 Å². The van der Waals surface area contributed by atoms with Crippen molar-refractivity contribution in [1.29, 1.82) is 0 Å². The molecular formula is C16H12Cl2O2. The van der Waals surface area contributed by atoms with Gasteiger partial charge in [-0.25, -0.2) is 0 Å². The molecule has 2 nitrogen and oxygen atoms in total. The summed E-state index contributed by atoms with van der Waals surface area (Å²) in [6.07, 6.45) is 3.66. The SMILES string of the molecule is O=C/C=C/c1c(Cl)cc(Cl)cc1OCc1ccccc1. The van der Waals surface area contributed by atoms with Gasteiger partial charge in [-0.05, 0) is 29.8 Å². The molecule has 102 valence electrons. The van der Waals surface area contributed by atoms with Crippen molar-refractivity contribution in [2.45, 2.75) is 6.61 Å². The first kappa shape index (κ1) is 14.6. The number of ether oxygens (including phenoxy) is 1. The van der Waals surface area contributed by atoms with Crippen molar-refractivity contribution >= 4 is 35.6 Å². The van der Waals surface area contributed by atoms with Crippen LogP contribution in [-0.2, 0) is 11.4 Å². The van der Waals surface area contributed by atoms with E-state index in [2.05, 4.69) is 0 Å². The first-order chi connectivity index (χ1) is 9.70. The van der Waals surface area contributed by atoms with E-state index in [0.29, 0.717) is 34.3 Å². The molecule has 0 saturated heterocycles. The van der Waals surface area contributed by atoms with E-state index in [0.717, 1.165) is 5.56 Å². The number of hydrogen-bond acceptors (Lipinski definition) is 2. The Kier molecular flexibility index (Phi) is 5.22. The highest BCUT2D eigenvalue weighted by Gasteiger charge is 2.08. The van der Waals surface area contributed by atoms with Crippen molar-refractivity contribution < 1.29 is 9.53 Å². The normalized spacial score (nSPS) is 10.7. The molecule has 2 aromatic carbocycles. The molecule has 0 aliphatic carbocycles. The number of allylic oxidation sites excluding steroid dienone is 1. The van der Waals surface area contributed by atoms with Gasteiger partial charge in [-0.3, -0.25) is 4.79 Å². The zero-order valence-electron chi connectivity index (χ0n) is 10.6. The smallest absolute Gasteiger partial charge is 0.142 e. The van der Waals surface area contributed by atoms with Gasteiger partial charge in [0.05, 0.1) is 5.02 Å². The van der Waals surface area contributed by atoms with Crippen LogP contribution in [0.5, 0.6) is 5.75 Å². The molecule has 0 aromatic heterocycles. The summed E-state index contributed by atoms with van der Waals surface area (Å²) >= 11 is 12.1. The van der Waals surface area contributed by atoms with Gasteiger partial charge >= 0.3 is 0 Å². The molecule has 0 amide bonds. The summed E-state index contributed by atoms with van der Waals surface area (Å²) in [5, 5.41) is 0.931. The Morgan fingerprint density at radius 3 is 2.55 bits per heavy atom. The Balaban J connectivity index is 2.25. The second-order valence-corrected chi connectivity index (χ2v) is 4.91. The highest BCUT2D eigenvalue weighted by Crippen LogP contribution is 2.32. The second-order valence-electron chi connectivity index (χ2n) is 4.07. The molecule has 0 aliphatic rings. The van der Waals surface area contributed by atoms with E-state index in [1.807, 2.05) is 30.3 Å². The molecule has 2 aromatic rings. The summed E-state index contributed by atoms with van der Waals surface area (Å²) in [6, 6.07) is 13.1. The minimum Gasteiger partial charge on any atom is -0.488 e. The van der Waals surface area contributed by atoms with Crippen LogP contribution in [0, 0.1) is 0 Å². The number of hydrogen-bond donors (Lipinski definition) is 0. The van der Waals surface area contributed by atoms with Gasteiger partial charge in [-0.1, -0.05) is 53.5 Å². The monoisotopic (exact) mass is 306 g/mol. The quantitative estimate of drug-likeness (QED) is 0.586. The maximum atomic E-state index is 10.5. The first-order valence-corrected chi connectivity index (χ1v) is 6.74. The lowest BCUT2D eigenvalue weighted by atomic mass is 10.2. The van der Waals surface area contributed by atoms with Crippen molar-refractivity contribution in [1.82, 2.24) is 0 Å². The van der Waals surface area contributed by atoms with E-state index < -0.39 is 0 Å². The molecular weight excluding hydrogens is 295 g/mol. The molecule has 0 fully saturated rings. The number of aldehydes is 1. The minimum atomic E-state index is 0.402. The van der Waals surface area contributed by atoms with Gasteiger partial charge in [0.2, 0.25) is 0 Å². The summed E-state index contributed by atoms with van der Waals surface area (Å²) in [5.41, 5.74) is 1.67. The summed E-state index contributed by atoms with van der Waals surface area (Å²) in [5.74, 6) is 0.546. The number of rotatable bonds is 5. The standard InChI is InChI=1S/C16H12Cl2O2/c17-13-9-15(18)14(7-4-8-19)16(10-13)20-11-12-5-2-1-3-6-12/h1-10H,11H2/b7-4+. The van der Waals surface area contributed by atoms with Crippen LogP contribution in [0.15, 0.2) is 48.5 Å².